The molecule has 0 atom stereocenters. The van der Waals surface area contributed by atoms with E-state index in [2.05, 4.69) is 15.3 Å². The molecule has 2 heterocycles. The third kappa shape index (κ3) is 3.44. The number of amides is 1. The van der Waals surface area contributed by atoms with Gasteiger partial charge in [-0.3, -0.25) is 5.32 Å². The van der Waals surface area contributed by atoms with Crippen LogP contribution in [0.15, 0.2) is 4.42 Å². The van der Waals surface area contributed by atoms with Crippen molar-refractivity contribution in [3.63, 3.8) is 0 Å². The number of aryl methyl sites for hydroxylation is 2. The summed E-state index contributed by atoms with van der Waals surface area (Å²) >= 11 is 5.78. The standard InChI is InChI=1S/C14H18ClN3O3/c1-7-8(2)20-12-10(7)11(16-9(6-15)17-12)18-13(19)21-14(3,4)5/h6H2,1-5H3,(H,16,17,18,19). The van der Waals surface area contributed by atoms with E-state index < -0.39 is 11.7 Å². The normalized spacial score (nSPS) is 11.7. The van der Waals surface area contributed by atoms with Crippen molar-refractivity contribution in [1.82, 2.24) is 9.97 Å². The first-order valence-electron chi connectivity index (χ1n) is 6.54. The Balaban J connectivity index is 2.44. The molecule has 0 aliphatic heterocycles. The van der Waals surface area contributed by atoms with Gasteiger partial charge in [0.15, 0.2) is 5.82 Å². The van der Waals surface area contributed by atoms with Gasteiger partial charge in [-0.25, -0.2) is 9.78 Å². The van der Waals surface area contributed by atoms with Crippen molar-refractivity contribution in [2.24, 2.45) is 0 Å². The predicted molar refractivity (Wildman–Crippen MR) is 80.7 cm³/mol. The van der Waals surface area contributed by atoms with E-state index in [4.69, 9.17) is 20.8 Å². The summed E-state index contributed by atoms with van der Waals surface area (Å²) in [6, 6.07) is 0. The summed E-state index contributed by atoms with van der Waals surface area (Å²) in [6.07, 6.45) is -0.582. The molecule has 0 radical (unpaired) electrons. The molecule has 21 heavy (non-hydrogen) atoms. The molecule has 0 aliphatic rings. The van der Waals surface area contributed by atoms with E-state index >= 15 is 0 Å². The molecule has 2 aromatic rings. The number of anilines is 1. The van der Waals surface area contributed by atoms with Gasteiger partial charge in [-0.05, 0) is 34.6 Å². The minimum atomic E-state index is -0.590. The van der Waals surface area contributed by atoms with Gasteiger partial charge in [-0.2, -0.15) is 4.98 Å². The second kappa shape index (κ2) is 5.52. The number of rotatable bonds is 2. The molecule has 114 valence electrons. The maximum Gasteiger partial charge on any atom is 0.413 e. The van der Waals surface area contributed by atoms with Crippen molar-refractivity contribution in [2.75, 3.05) is 5.32 Å². The van der Waals surface area contributed by atoms with Crippen LogP contribution in [0, 0.1) is 13.8 Å². The summed E-state index contributed by atoms with van der Waals surface area (Å²) in [7, 11) is 0. The summed E-state index contributed by atoms with van der Waals surface area (Å²) in [6.45, 7) is 9.08. The number of hydrogen-bond donors (Lipinski definition) is 1. The van der Waals surface area contributed by atoms with Crippen LogP contribution in [0.25, 0.3) is 11.1 Å². The van der Waals surface area contributed by atoms with Gasteiger partial charge in [0.05, 0.1) is 11.3 Å². The Hall–Kier alpha value is -1.82. The Morgan fingerprint density at radius 3 is 2.57 bits per heavy atom. The molecule has 0 spiro atoms. The fourth-order valence-electron chi connectivity index (χ4n) is 1.84. The van der Waals surface area contributed by atoms with Crippen LogP contribution in [-0.4, -0.2) is 21.7 Å². The lowest BCUT2D eigenvalue weighted by Gasteiger charge is -2.19. The zero-order valence-corrected chi connectivity index (χ0v) is 13.5. The maximum absolute atomic E-state index is 11.9. The number of halogens is 1. The Bertz CT molecular complexity index is 689. The molecule has 1 amide bonds. The minimum Gasteiger partial charge on any atom is -0.444 e. The van der Waals surface area contributed by atoms with Gasteiger partial charge in [-0.15, -0.1) is 11.6 Å². The molecule has 0 aliphatic carbocycles. The molecule has 0 fully saturated rings. The Morgan fingerprint density at radius 1 is 1.33 bits per heavy atom. The lowest BCUT2D eigenvalue weighted by atomic mass is 10.2. The summed E-state index contributed by atoms with van der Waals surface area (Å²) < 4.78 is 10.8. The number of carbonyl (C=O) groups is 1. The predicted octanol–water partition coefficient (Wildman–Crippen LogP) is 3.93. The van der Waals surface area contributed by atoms with Crippen LogP contribution >= 0.6 is 11.6 Å². The topological polar surface area (TPSA) is 77.3 Å². The average Bonchev–Trinajstić information content (AvgIpc) is 2.62. The fraction of sp³-hybridized carbons (Fsp3) is 0.500. The largest absolute Gasteiger partial charge is 0.444 e. The van der Waals surface area contributed by atoms with E-state index in [0.717, 1.165) is 11.3 Å². The number of fused-ring (bicyclic) bond motifs is 1. The van der Waals surface area contributed by atoms with Gasteiger partial charge < -0.3 is 9.15 Å². The maximum atomic E-state index is 11.9. The molecule has 7 heteroatoms. The van der Waals surface area contributed by atoms with Crippen LogP contribution in [0.1, 0.15) is 37.9 Å². The van der Waals surface area contributed by atoms with Crippen molar-refractivity contribution in [1.29, 1.82) is 0 Å². The molecule has 2 aromatic heterocycles. The Kier molecular flexibility index (Phi) is 4.09. The summed E-state index contributed by atoms with van der Waals surface area (Å²) in [5, 5.41) is 3.30. The first kappa shape index (κ1) is 15.6. The van der Waals surface area contributed by atoms with Crippen LogP contribution in [-0.2, 0) is 10.6 Å². The third-order valence-corrected chi connectivity index (χ3v) is 3.05. The zero-order valence-electron chi connectivity index (χ0n) is 12.7. The Labute approximate surface area is 127 Å². The van der Waals surface area contributed by atoms with Crippen LogP contribution in [0.2, 0.25) is 0 Å². The van der Waals surface area contributed by atoms with Crippen molar-refractivity contribution in [3.05, 3.63) is 17.1 Å². The van der Waals surface area contributed by atoms with Gasteiger partial charge >= 0.3 is 6.09 Å². The van der Waals surface area contributed by atoms with Crippen molar-refractivity contribution < 1.29 is 13.9 Å². The molecule has 0 unspecified atom stereocenters. The number of furan rings is 1. The molecule has 0 saturated heterocycles. The highest BCUT2D eigenvalue weighted by Crippen LogP contribution is 2.29. The van der Waals surface area contributed by atoms with E-state index in [1.807, 2.05) is 13.8 Å². The average molecular weight is 312 g/mol. The van der Waals surface area contributed by atoms with E-state index in [0.29, 0.717) is 22.7 Å². The molecular weight excluding hydrogens is 294 g/mol. The Morgan fingerprint density at radius 2 is 2.00 bits per heavy atom. The fourth-order valence-corrected chi connectivity index (χ4v) is 1.96. The molecule has 6 nitrogen and oxygen atoms in total. The molecule has 2 rings (SSSR count). The van der Waals surface area contributed by atoms with Crippen molar-refractivity contribution in [2.45, 2.75) is 46.1 Å². The first-order chi connectivity index (χ1) is 9.71. The summed E-state index contributed by atoms with van der Waals surface area (Å²) in [4.78, 5) is 20.4. The lowest BCUT2D eigenvalue weighted by Crippen LogP contribution is -2.27. The van der Waals surface area contributed by atoms with E-state index in [9.17, 15) is 4.79 Å². The lowest BCUT2D eigenvalue weighted by molar-refractivity contribution is 0.0635. The van der Waals surface area contributed by atoms with Gasteiger partial charge in [0.2, 0.25) is 5.71 Å². The number of carbonyl (C=O) groups excluding carboxylic acids is 1. The highest BCUT2D eigenvalue weighted by atomic mass is 35.5. The molecular formula is C14H18ClN3O3. The SMILES string of the molecule is Cc1oc2nc(CCl)nc(NC(=O)OC(C)(C)C)c2c1C. The monoisotopic (exact) mass is 311 g/mol. The minimum absolute atomic E-state index is 0.123. The molecule has 0 saturated carbocycles. The third-order valence-electron chi connectivity index (χ3n) is 2.81. The number of alkyl halides is 1. The number of aromatic nitrogens is 2. The summed E-state index contributed by atoms with van der Waals surface area (Å²) in [5.74, 6) is 1.57. The summed E-state index contributed by atoms with van der Waals surface area (Å²) in [5.41, 5.74) is 0.686. The number of nitrogens with one attached hydrogen (secondary N) is 1. The van der Waals surface area contributed by atoms with Crippen LogP contribution in [0.3, 0.4) is 0 Å². The first-order valence-corrected chi connectivity index (χ1v) is 7.07. The zero-order chi connectivity index (χ0) is 15.8. The van der Waals surface area contributed by atoms with E-state index in [1.54, 1.807) is 20.8 Å². The molecule has 1 N–H and O–H groups in total. The molecule has 0 aromatic carbocycles. The van der Waals surface area contributed by atoms with Gasteiger partial charge in [-0.1, -0.05) is 0 Å². The van der Waals surface area contributed by atoms with E-state index in [1.165, 1.54) is 0 Å². The van der Waals surface area contributed by atoms with Crippen LogP contribution < -0.4 is 5.32 Å². The number of ether oxygens (including phenoxy) is 1. The van der Waals surface area contributed by atoms with Gasteiger partial charge in [0, 0.05) is 5.56 Å². The number of hydrogen-bond acceptors (Lipinski definition) is 5. The second-order valence-corrected chi connectivity index (χ2v) is 5.98. The van der Waals surface area contributed by atoms with Crippen LogP contribution in [0.4, 0.5) is 10.6 Å². The quantitative estimate of drug-likeness (QED) is 0.850. The smallest absolute Gasteiger partial charge is 0.413 e. The van der Waals surface area contributed by atoms with Crippen LogP contribution in [0.5, 0.6) is 0 Å². The van der Waals surface area contributed by atoms with Gasteiger partial charge in [0.1, 0.15) is 17.2 Å². The highest BCUT2D eigenvalue weighted by molar-refractivity contribution is 6.16. The van der Waals surface area contributed by atoms with Crippen molar-refractivity contribution >= 4 is 34.6 Å². The van der Waals surface area contributed by atoms with E-state index in [-0.39, 0.29) is 5.88 Å². The number of nitrogens with zero attached hydrogens (tertiary/aromatic N) is 2. The van der Waals surface area contributed by atoms with Crippen molar-refractivity contribution in [3.8, 4) is 0 Å². The second-order valence-electron chi connectivity index (χ2n) is 5.71. The highest BCUT2D eigenvalue weighted by Gasteiger charge is 2.21. The van der Waals surface area contributed by atoms with Gasteiger partial charge in [0.25, 0.3) is 0 Å². The molecule has 0 bridgehead atoms.